The highest BCUT2D eigenvalue weighted by Crippen LogP contribution is 2.22. The van der Waals surface area contributed by atoms with Crippen molar-refractivity contribution >= 4 is 15.7 Å². The second kappa shape index (κ2) is 7.17. The Morgan fingerprint density at radius 1 is 1.45 bits per heavy atom. The lowest BCUT2D eigenvalue weighted by Gasteiger charge is -2.22. The zero-order valence-electron chi connectivity index (χ0n) is 12.5. The van der Waals surface area contributed by atoms with Gasteiger partial charge in [0.15, 0.2) is 0 Å². The quantitative estimate of drug-likeness (QED) is 0.610. The van der Waals surface area contributed by atoms with Crippen LogP contribution in [0.1, 0.15) is 24.8 Å². The molecule has 0 saturated carbocycles. The Balaban J connectivity index is 2.03. The molecule has 122 valence electrons. The van der Waals surface area contributed by atoms with E-state index in [0.29, 0.717) is 18.0 Å². The van der Waals surface area contributed by atoms with Gasteiger partial charge in [-0.05, 0) is 50.8 Å². The predicted octanol–water partition coefficient (Wildman–Crippen LogP) is 1.57. The minimum absolute atomic E-state index is 0.0246. The lowest BCUT2D eigenvalue weighted by molar-refractivity contribution is -0.385. The minimum Gasteiger partial charge on any atom is -0.316 e. The van der Waals surface area contributed by atoms with E-state index in [1.807, 2.05) is 0 Å². The molecule has 1 fully saturated rings. The molecular weight excluding hydrogens is 306 g/mol. The average molecular weight is 327 g/mol. The van der Waals surface area contributed by atoms with Crippen LogP contribution in [0.3, 0.4) is 0 Å². The normalized spacial score (nSPS) is 19.0. The van der Waals surface area contributed by atoms with E-state index in [9.17, 15) is 18.5 Å². The van der Waals surface area contributed by atoms with Gasteiger partial charge in [0.05, 0.1) is 9.82 Å². The molecule has 0 bridgehead atoms. The van der Waals surface area contributed by atoms with Crippen LogP contribution >= 0.6 is 0 Å². The predicted molar refractivity (Wildman–Crippen MR) is 83.2 cm³/mol. The van der Waals surface area contributed by atoms with Crippen LogP contribution in [-0.2, 0) is 10.0 Å². The third-order valence-corrected chi connectivity index (χ3v) is 5.52. The third kappa shape index (κ3) is 4.25. The number of non-ortho nitro benzene ring substituents is 1. The summed E-state index contributed by atoms with van der Waals surface area (Å²) in [5, 5.41) is 14.1. The fourth-order valence-corrected chi connectivity index (χ4v) is 3.95. The summed E-state index contributed by atoms with van der Waals surface area (Å²) in [5.74, 6) is 0.475. The SMILES string of the molecule is Cc1ccc([N+](=O)[O-])cc1S(=O)(=O)NCCC1CCCNC1. The molecule has 1 aliphatic rings. The van der Waals surface area contributed by atoms with Crippen LogP contribution in [0, 0.1) is 23.0 Å². The largest absolute Gasteiger partial charge is 0.316 e. The summed E-state index contributed by atoms with van der Waals surface area (Å²) in [5.41, 5.74) is 0.278. The van der Waals surface area contributed by atoms with Crippen molar-refractivity contribution in [3.05, 3.63) is 33.9 Å². The number of nitro groups is 1. The number of benzene rings is 1. The molecule has 2 rings (SSSR count). The van der Waals surface area contributed by atoms with Crippen molar-refractivity contribution in [3.8, 4) is 0 Å². The molecule has 22 heavy (non-hydrogen) atoms. The zero-order valence-corrected chi connectivity index (χ0v) is 13.4. The van der Waals surface area contributed by atoms with Crippen LogP contribution in [0.5, 0.6) is 0 Å². The van der Waals surface area contributed by atoms with Gasteiger partial charge in [0.1, 0.15) is 0 Å². The van der Waals surface area contributed by atoms with Gasteiger partial charge in [0, 0.05) is 18.7 Å². The maximum absolute atomic E-state index is 12.3. The first-order valence-corrected chi connectivity index (χ1v) is 8.84. The van der Waals surface area contributed by atoms with Crippen LogP contribution in [0.4, 0.5) is 5.69 Å². The number of nitrogens with zero attached hydrogens (tertiary/aromatic N) is 1. The number of nitro benzene ring substituents is 1. The fraction of sp³-hybridized carbons (Fsp3) is 0.571. The summed E-state index contributed by atoms with van der Waals surface area (Å²) in [6.45, 7) is 3.91. The Kier molecular flexibility index (Phi) is 5.49. The Morgan fingerprint density at radius 3 is 2.86 bits per heavy atom. The van der Waals surface area contributed by atoms with Crippen LogP contribution in [-0.4, -0.2) is 33.0 Å². The van der Waals surface area contributed by atoms with Crippen LogP contribution in [0.25, 0.3) is 0 Å². The Labute approximate surface area is 130 Å². The summed E-state index contributed by atoms with van der Waals surface area (Å²) >= 11 is 0. The molecule has 1 aromatic carbocycles. The van der Waals surface area contributed by atoms with E-state index in [1.54, 1.807) is 6.92 Å². The molecule has 1 heterocycles. The lowest BCUT2D eigenvalue weighted by Crippen LogP contribution is -2.33. The van der Waals surface area contributed by atoms with Gasteiger partial charge in [-0.1, -0.05) is 6.07 Å². The highest BCUT2D eigenvalue weighted by Gasteiger charge is 2.21. The molecule has 0 aromatic heterocycles. The van der Waals surface area contributed by atoms with Crippen molar-refractivity contribution < 1.29 is 13.3 Å². The number of aryl methyl sites for hydroxylation is 1. The van der Waals surface area contributed by atoms with Crippen molar-refractivity contribution in [2.24, 2.45) is 5.92 Å². The first-order chi connectivity index (χ1) is 10.4. The molecule has 8 heteroatoms. The molecule has 1 saturated heterocycles. The lowest BCUT2D eigenvalue weighted by atomic mass is 9.96. The van der Waals surface area contributed by atoms with E-state index in [2.05, 4.69) is 10.0 Å². The Bertz CT molecular complexity index is 639. The van der Waals surface area contributed by atoms with Crippen LogP contribution in [0.2, 0.25) is 0 Å². The van der Waals surface area contributed by atoms with E-state index in [-0.39, 0.29) is 10.6 Å². The molecule has 0 radical (unpaired) electrons. The summed E-state index contributed by atoms with van der Waals surface area (Å²) < 4.78 is 27.2. The van der Waals surface area contributed by atoms with Gasteiger partial charge in [-0.15, -0.1) is 0 Å². The maximum atomic E-state index is 12.3. The molecule has 0 spiro atoms. The number of hydrogen-bond acceptors (Lipinski definition) is 5. The van der Waals surface area contributed by atoms with Gasteiger partial charge in [-0.3, -0.25) is 10.1 Å². The van der Waals surface area contributed by atoms with Gasteiger partial charge in [0.2, 0.25) is 10.0 Å². The van der Waals surface area contributed by atoms with Gasteiger partial charge >= 0.3 is 0 Å². The standard InChI is InChI=1S/C14H21N3O4S/c1-11-4-5-13(17(18)19)9-14(11)22(20,21)16-8-6-12-3-2-7-15-10-12/h4-5,9,12,15-16H,2-3,6-8,10H2,1H3. The highest BCUT2D eigenvalue weighted by atomic mass is 32.2. The second-order valence-corrected chi connectivity index (χ2v) is 7.34. The van der Waals surface area contributed by atoms with Crippen LogP contribution in [0.15, 0.2) is 23.1 Å². The Morgan fingerprint density at radius 2 is 2.23 bits per heavy atom. The minimum atomic E-state index is -3.72. The van der Waals surface area contributed by atoms with Gasteiger partial charge in [-0.25, -0.2) is 13.1 Å². The van der Waals surface area contributed by atoms with Crippen molar-refractivity contribution in [2.45, 2.75) is 31.1 Å². The average Bonchev–Trinajstić information content (AvgIpc) is 2.48. The van der Waals surface area contributed by atoms with E-state index >= 15 is 0 Å². The second-order valence-electron chi connectivity index (χ2n) is 5.61. The van der Waals surface area contributed by atoms with Gasteiger partial charge in [0.25, 0.3) is 5.69 Å². The summed E-state index contributed by atoms with van der Waals surface area (Å²) in [6, 6.07) is 3.87. The maximum Gasteiger partial charge on any atom is 0.270 e. The van der Waals surface area contributed by atoms with Crippen molar-refractivity contribution in [3.63, 3.8) is 0 Å². The molecule has 1 atom stereocenters. The van der Waals surface area contributed by atoms with Gasteiger partial charge in [-0.2, -0.15) is 0 Å². The molecule has 0 amide bonds. The number of sulfonamides is 1. The summed E-state index contributed by atoms with van der Waals surface area (Å²) in [6.07, 6.45) is 2.98. The van der Waals surface area contributed by atoms with Crippen molar-refractivity contribution in [1.29, 1.82) is 0 Å². The fourth-order valence-electron chi connectivity index (χ4n) is 2.64. The van der Waals surface area contributed by atoms with E-state index < -0.39 is 14.9 Å². The number of rotatable bonds is 6. The first-order valence-electron chi connectivity index (χ1n) is 7.35. The monoisotopic (exact) mass is 327 g/mol. The number of nitrogens with one attached hydrogen (secondary N) is 2. The topological polar surface area (TPSA) is 101 Å². The number of hydrogen-bond donors (Lipinski definition) is 2. The van der Waals surface area contributed by atoms with Crippen molar-refractivity contribution in [2.75, 3.05) is 19.6 Å². The molecule has 0 aliphatic carbocycles. The molecule has 1 aliphatic heterocycles. The molecule has 2 N–H and O–H groups in total. The van der Waals surface area contributed by atoms with Crippen molar-refractivity contribution in [1.82, 2.24) is 10.0 Å². The molecule has 7 nitrogen and oxygen atoms in total. The van der Waals surface area contributed by atoms with Crippen LogP contribution < -0.4 is 10.0 Å². The van der Waals surface area contributed by atoms with Gasteiger partial charge < -0.3 is 5.32 Å². The third-order valence-electron chi connectivity index (χ3n) is 3.92. The first kappa shape index (κ1) is 16.9. The van der Waals surface area contributed by atoms with E-state index in [4.69, 9.17) is 0 Å². The summed E-state index contributed by atoms with van der Waals surface area (Å²) in [4.78, 5) is 10.2. The van der Waals surface area contributed by atoms with E-state index in [0.717, 1.165) is 38.4 Å². The smallest absolute Gasteiger partial charge is 0.270 e. The Hall–Kier alpha value is -1.51. The van der Waals surface area contributed by atoms with E-state index in [1.165, 1.54) is 12.1 Å². The summed E-state index contributed by atoms with van der Waals surface area (Å²) in [7, 11) is -3.72. The molecular formula is C14H21N3O4S. The number of piperidine rings is 1. The highest BCUT2D eigenvalue weighted by molar-refractivity contribution is 7.89. The zero-order chi connectivity index (χ0) is 16.2. The molecule has 1 aromatic rings. The molecule has 1 unspecified atom stereocenters.